The van der Waals surface area contributed by atoms with Crippen molar-refractivity contribution in [2.24, 2.45) is 20.0 Å². The van der Waals surface area contributed by atoms with Gasteiger partial charge in [-0.2, -0.15) is 0 Å². The molecule has 2 unspecified atom stereocenters. The van der Waals surface area contributed by atoms with E-state index < -0.39 is 0 Å². The van der Waals surface area contributed by atoms with E-state index in [2.05, 4.69) is 54.2 Å². The number of hydrogen-bond donors (Lipinski definition) is 1. The summed E-state index contributed by atoms with van der Waals surface area (Å²) in [6, 6.07) is 4.48. The Morgan fingerprint density at radius 3 is 2.29 bits per heavy atom. The van der Waals surface area contributed by atoms with Gasteiger partial charge in [0.15, 0.2) is 0 Å². The molecule has 0 spiro atoms. The van der Waals surface area contributed by atoms with Gasteiger partial charge in [-0.25, -0.2) is 4.79 Å². The molecule has 2 atom stereocenters. The van der Waals surface area contributed by atoms with E-state index in [0.717, 1.165) is 28.5 Å². The number of halogens is 1. The summed E-state index contributed by atoms with van der Waals surface area (Å²) in [5.74, 6) is 0.527. The normalized spacial score (nSPS) is 14.6. The van der Waals surface area contributed by atoms with Gasteiger partial charge in [-0.15, -0.1) is 0 Å². The van der Waals surface area contributed by atoms with Gasteiger partial charge in [-0.3, -0.25) is 9.13 Å². The molecule has 4 nitrogen and oxygen atoms in total. The number of imidazole rings is 1. The number of hydrogen-bond acceptors (Lipinski definition) is 2. The zero-order valence-electron chi connectivity index (χ0n) is 13.4. The number of nitrogens with one attached hydrogen (secondary N) is 1. The minimum absolute atomic E-state index is 0.0117. The molecule has 1 aromatic carbocycles. The molecule has 1 aromatic heterocycles. The van der Waals surface area contributed by atoms with Crippen LogP contribution in [-0.4, -0.2) is 15.7 Å². The minimum atomic E-state index is 0.0117. The van der Waals surface area contributed by atoms with Crippen molar-refractivity contribution in [1.29, 1.82) is 0 Å². The first-order valence-corrected chi connectivity index (χ1v) is 8.29. The molecule has 0 aliphatic carbocycles. The van der Waals surface area contributed by atoms with Gasteiger partial charge in [0.05, 0.1) is 11.0 Å². The lowest BCUT2D eigenvalue weighted by atomic mass is 9.92. The smallest absolute Gasteiger partial charge is 0.310 e. The second kappa shape index (κ2) is 6.36. The average molecular weight is 354 g/mol. The van der Waals surface area contributed by atoms with Crippen LogP contribution in [0, 0.1) is 5.92 Å². The van der Waals surface area contributed by atoms with Crippen molar-refractivity contribution in [1.82, 2.24) is 14.5 Å². The number of rotatable bonds is 5. The van der Waals surface area contributed by atoms with Crippen molar-refractivity contribution >= 4 is 27.0 Å². The summed E-state index contributed by atoms with van der Waals surface area (Å²) in [6.07, 6.45) is 1.11. The van der Waals surface area contributed by atoms with E-state index >= 15 is 0 Å². The molecule has 1 heterocycles. The molecule has 1 N–H and O–H groups in total. The lowest BCUT2D eigenvalue weighted by Gasteiger charge is -2.25. The summed E-state index contributed by atoms with van der Waals surface area (Å²) < 4.78 is 4.46. The van der Waals surface area contributed by atoms with Crippen molar-refractivity contribution in [3.05, 3.63) is 32.7 Å². The van der Waals surface area contributed by atoms with Gasteiger partial charge < -0.3 is 5.32 Å². The lowest BCUT2D eigenvalue weighted by Crippen LogP contribution is -2.27. The van der Waals surface area contributed by atoms with Crippen molar-refractivity contribution in [2.75, 3.05) is 6.54 Å². The molecule has 0 bridgehead atoms. The van der Waals surface area contributed by atoms with Crippen molar-refractivity contribution in [2.45, 2.75) is 33.2 Å². The molecule has 2 rings (SSSR count). The summed E-state index contributed by atoms with van der Waals surface area (Å²) in [6.45, 7) is 7.51. The fraction of sp³-hybridized carbons (Fsp3) is 0.562. The Kier molecular flexibility index (Phi) is 4.94. The predicted molar refractivity (Wildman–Crippen MR) is 91.7 cm³/mol. The van der Waals surface area contributed by atoms with E-state index in [1.807, 2.05) is 14.1 Å². The van der Waals surface area contributed by atoms with Gasteiger partial charge in [0.2, 0.25) is 0 Å². The number of aryl methyl sites for hydroxylation is 2. The topological polar surface area (TPSA) is 39.0 Å². The minimum Gasteiger partial charge on any atom is -0.310 e. The standard InChI is InChI=1S/C16H24BrN3O/c1-6-10(3)15(18-7-2)11-8-13-14(9-12(11)17)20(5)16(21)19(13)4/h8-10,15,18H,6-7H2,1-5H3. The summed E-state index contributed by atoms with van der Waals surface area (Å²) >= 11 is 3.69. The molecule has 0 saturated heterocycles. The van der Waals surface area contributed by atoms with Gasteiger partial charge in [-0.1, -0.05) is 43.1 Å². The highest BCUT2D eigenvalue weighted by Gasteiger charge is 2.21. The Hall–Kier alpha value is -1.07. The molecule has 5 heteroatoms. The zero-order valence-corrected chi connectivity index (χ0v) is 15.0. The van der Waals surface area contributed by atoms with Crippen LogP contribution in [0.25, 0.3) is 11.0 Å². The van der Waals surface area contributed by atoms with Crippen molar-refractivity contribution < 1.29 is 0 Å². The van der Waals surface area contributed by atoms with Gasteiger partial charge in [0.1, 0.15) is 0 Å². The van der Waals surface area contributed by atoms with Crippen LogP contribution in [-0.2, 0) is 14.1 Å². The molecule has 0 aliphatic rings. The second-order valence-corrected chi connectivity index (χ2v) is 6.54. The number of nitrogens with zero attached hydrogens (tertiary/aromatic N) is 2. The van der Waals surface area contributed by atoms with E-state index in [1.54, 1.807) is 9.13 Å². The molecule has 116 valence electrons. The maximum absolute atomic E-state index is 12.1. The molecular formula is C16H24BrN3O. The fourth-order valence-corrected chi connectivity index (χ4v) is 3.43. The molecule has 2 aromatic rings. The Morgan fingerprint density at radius 1 is 1.19 bits per heavy atom. The molecule has 0 radical (unpaired) electrons. The third-order valence-corrected chi connectivity index (χ3v) is 5.05. The third kappa shape index (κ3) is 2.81. The Balaban J connectivity index is 2.65. The SMILES string of the molecule is CCNC(c1cc2c(cc1Br)n(C)c(=O)n2C)C(C)CC. The highest BCUT2D eigenvalue weighted by molar-refractivity contribution is 9.10. The Labute approximate surface area is 134 Å². The first-order valence-electron chi connectivity index (χ1n) is 7.50. The highest BCUT2D eigenvalue weighted by Crippen LogP contribution is 2.33. The molecular weight excluding hydrogens is 330 g/mol. The van der Waals surface area contributed by atoms with Crippen LogP contribution in [0.4, 0.5) is 0 Å². The van der Waals surface area contributed by atoms with Crippen molar-refractivity contribution in [3.8, 4) is 0 Å². The third-order valence-electron chi connectivity index (χ3n) is 4.36. The van der Waals surface area contributed by atoms with Crippen LogP contribution < -0.4 is 11.0 Å². The van der Waals surface area contributed by atoms with E-state index in [-0.39, 0.29) is 11.7 Å². The van der Waals surface area contributed by atoms with Gasteiger partial charge in [0, 0.05) is 24.6 Å². The van der Waals surface area contributed by atoms with Gasteiger partial charge in [-0.05, 0) is 30.2 Å². The van der Waals surface area contributed by atoms with E-state index in [4.69, 9.17) is 0 Å². The van der Waals surface area contributed by atoms with E-state index in [1.165, 1.54) is 5.56 Å². The average Bonchev–Trinajstić information content (AvgIpc) is 2.68. The number of fused-ring (bicyclic) bond motifs is 1. The second-order valence-electron chi connectivity index (χ2n) is 5.68. The molecule has 0 amide bonds. The largest absolute Gasteiger partial charge is 0.328 e. The Bertz CT molecular complexity index is 702. The van der Waals surface area contributed by atoms with Gasteiger partial charge >= 0.3 is 5.69 Å². The summed E-state index contributed by atoms with van der Waals surface area (Å²) in [4.78, 5) is 12.1. The Morgan fingerprint density at radius 2 is 1.76 bits per heavy atom. The summed E-state index contributed by atoms with van der Waals surface area (Å²) in [5.41, 5.74) is 3.17. The maximum atomic E-state index is 12.1. The molecule has 0 aliphatic heterocycles. The fourth-order valence-electron chi connectivity index (χ4n) is 2.85. The van der Waals surface area contributed by atoms with E-state index in [0.29, 0.717) is 5.92 Å². The van der Waals surface area contributed by atoms with Crippen LogP contribution in [0.15, 0.2) is 21.4 Å². The van der Waals surface area contributed by atoms with Gasteiger partial charge in [0.25, 0.3) is 0 Å². The molecule has 21 heavy (non-hydrogen) atoms. The predicted octanol–water partition coefficient (Wildman–Crippen LogP) is 3.34. The maximum Gasteiger partial charge on any atom is 0.328 e. The molecule has 0 fully saturated rings. The highest BCUT2D eigenvalue weighted by atomic mass is 79.9. The first-order chi connectivity index (χ1) is 9.92. The van der Waals surface area contributed by atoms with Crippen LogP contribution in [0.3, 0.4) is 0 Å². The number of benzene rings is 1. The van der Waals surface area contributed by atoms with Crippen LogP contribution in [0.5, 0.6) is 0 Å². The van der Waals surface area contributed by atoms with Crippen LogP contribution >= 0.6 is 15.9 Å². The first kappa shape index (κ1) is 16.3. The van der Waals surface area contributed by atoms with Crippen molar-refractivity contribution in [3.63, 3.8) is 0 Å². The monoisotopic (exact) mass is 353 g/mol. The van der Waals surface area contributed by atoms with E-state index in [9.17, 15) is 4.79 Å². The summed E-state index contributed by atoms with van der Waals surface area (Å²) in [5, 5.41) is 3.57. The number of aromatic nitrogens is 2. The van der Waals surface area contributed by atoms with Crippen LogP contribution in [0.2, 0.25) is 0 Å². The zero-order chi connectivity index (χ0) is 15.7. The van der Waals surface area contributed by atoms with Crippen LogP contribution in [0.1, 0.15) is 38.8 Å². The lowest BCUT2D eigenvalue weighted by molar-refractivity contribution is 0.383. The quantitative estimate of drug-likeness (QED) is 0.895. The molecule has 0 saturated carbocycles. The summed E-state index contributed by atoms with van der Waals surface area (Å²) in [7, 11) is 3.64.